The lowest BCUT2D eigenvalue weighted by atomic mass is 10.0. The zero-order valence-electron chi connectivity index (χ0n) is 14.6. The van der Waals surface area contributed by atoms with E-state index in [0.717, 1.165) is 12.8 Å². The molecule has 0 aromatic heterocycles. The van der Waals surface area contributed by atoms with Crippen LogP contribution in [0.3, 0.4) is 0 Å². The molecule has 0 fully saturated rings. The van der Waals surface area contributed by atoms with Gasteiger partial charge in [0.25, 0.3) is 0 Å². The van der Waals surface area contributed by atoms with E-state index in [1.807, 2.05) is 6.08 Å². The number of hydrogen-bond acceptors (Lipinski definition) is 1. The van der Waals surface area contributed by atoms with E-state index >= 15 is 0 Å². The summed E-state index contributed by atoms with van der Waals surface area (Å²) >= 11 is 0. The van der Waals surface area contributed by atoms with Crippen LogP contribution in [0, 0.1) is 0 Å². The Morgan fingerprint density at radius 2 is 1.14 bits per heavy atom. The first-order valence-electron chi connectivity index (χ1n) is 9.60. The van der Waals surface area contributed by atoms with Crippen molar-refractivity contribution < 1.29 is 5.11 Å². The Bertz CT molecular complexity index is 200. The van der Waals surface area contributed by atoms with Crippen molar-refractivity contribution in [2.45, 2.75) is 116 Å². The standard InChI is InChI=1S/C20H40O/c1-3-5-7-9-10-11-12-13-14-15-17-19-20(21)18-16-8-6-4-2/h3,20-21H,1,4-19H2,2H3. The van der Waals surface area contributed by atoms with Crippen molar-refractivity contribution in [3.63, 3.8) is 0 Å². The minimum atomic E-state index is -0.0354. The van der Waals surface area contributed by atoms with E-state index in [4.69, 9.17) is 0 Å². The fourth-order valence-corrected chi connectivity index (χ4v) is 2.86. The summed E-state index contributed by atoms with van der Waals surface area (Å²) in [5, 5.41) is 9.89. The molecule has 1 unspecified atom stereocenters. The Kier molecular flexibility index (Phi) is 17.5. The maximum absolute atomic E-state index is 9.89. The lowest BCUT2D eigenvalue weighted by Gasteiger charge is -2.10. The van der Waals surface area contributed by atoms with E-state index in [0.29, 0.717) is 0 Å². The summed E-state index contributed by atoms with van der Waals surface area (Å²) in [5.74, 6) is 0. The van der Waals surface area contributed by atoms with Crippen molar-refractivity contribution in [1.82, 2.24) is 0 Å². The van der Waals surface area contributed by atoms with E-state index in [-0.39, 0.29) is 6.10 Å². The van der Waals surface area contributed by atoms with Crippen molar-refractivity contribution in [3.8, 4) is 0 Å². The number of aliphatic hydroxyl groups excluding tert-OH is 1. The van der Waals surface area contributed by atoms with Crippen LogP contribution >= 0.6 is 0 Å². The van der Waals surface area contributed by atoms with E-state index in [1.54, 1.807) is 0 Å². The second-order valence-corrected chi connectivity index (χ2v) is 6.55. The first-order valence-corrected chi connectivity index (χ1v) is 9.60. The summed E-state index contributed by atoms with van der Waals surface area (Å²) in [7, 11) is 0. The summed E-state index contributed by atoms with van der Waals surface area (Å²) < 4.78 is 0. The second kappa shape index (κ2) is 17.8. The summed E-state index contributed by atoms with van der Waals surface area (Å²) in [6.07, 6.45) is 22.5. The third kappa shape index (κ3) is 17.6. The predicted octanol–water partition coefficient (Wildman–Crippen LogP) is 6.79. The van der Waals surface area contributed by atoms with Crippen LogP contribution in [0.25, 0.3) is 0 Å². The second-order valence-electron chi connectivity index (χ2n) is 6.55. The number of aliphatic hydroxyl groups is 1. The quantitative estimate of drug-likeness (QED) is 0.231. The van der Waals surface area contributed by atoms with E-state index in [9.17, 15) is 5.11 Å². The highest BCUT2D eigenvalue weighted by Gasteiger charge is 2.03. The first-order chi connectivity index (χ1) is 10.3. The Morgan fingerprint density at radius 3 is 1.62 bits per heavy atom. The molecule has 0 saturated carbocycles. The van der Waals surface area contributed by atoms with Crippen LogP contribution in [-0.2, 0) is 0 Å². The van der Waals surface area contributed by atoms with Gasteiger partial charge in [-0.3, -0.25) is 0 Å². The molecule has 0 aliphatic carbocycles. The number of allylic oxidation sites excluding steroid dienone is 1. The van der Waals surface area contributed by atoms with Gasteiger partial charge in [0.15, 0.2) is 0 Å². The van der Waals surface area contributed by atoms with Crippen molar-refractivity contribution in [2.24, 2.45) is 0 Å². The SMILES string of the molecule is C=CCCCCCCCCCCCC(O)CCCCCC. The lowest BCUT2D eigenvalue weighted by molar-refractivity contribution is 0.147. The minimum absolute atomic E-state index is 0.0354. The zero-order valence-corrected chi connectivity index (χ0v) is 14.6. The van der Waals surface area contributed by atoms with Crippen molar-refractivity contribution in [1.29, 1.82) is 0 Å². The monoisotopic (exact) mass is 296 g/mol. The van der Waals surface area contributed by atoms with E-state index < -0.39 is 0 Å². The van der Waals surface area contributed by atoms with Gasteiger partial charge in [-0.25, -0.2) is 0 Å². The minimum Gasteiger partial charge on any atom is -0.393 e. The molecule has 0 amide bonds. The lowest BCUT2D eigenvalue weighted by Crippen LogP contribution is -2.05. The van der Waals surface area contributed by atoms with E-state index in [1.165, 1.54) is 89.9 Å². The molecule has 1 heteroatoms. The number of hydrogen-bond donors (Lipinski definition) is 1. The van der Waals surface area contributed by atoms with Crippen LogP contribution < -0.4 is 0 Å². The predicted molar refractivity (Wildman–Crippen MR) is 95.7 cm³/mol. The zero-order chi connectivity index (χ0) is 15.6. The summed E-state index contributed by atoms with van der Waals surface area (Å²) in [6.45, 7) is 5.99. The maximum Gasteiger partial charge on any atom is 0.0540 e. The highest BCUT2D eigenvalue weighted by Crippen LogP contribution is 2.14. The van der Waals surface area contributed by atoms with Gasteiger partial charge in [0.2, 0.25) is 0 Å². The molecule has 21 heavy (non-hydrogen) atoms. The fraction of sp³-hybridized carbons (Fsp3) is 0.900. The van der Waals surface area contributed by atoms with Gasteiger partial charge in [-0.1, -0.05) is 90.0 Å². The highest BCUT2D eigenvalue weighted by atomic mass is 16.3. The molecule has 0 spiro atoms. The normalized spacial score (nSPS) is 12.5. The highest BCUT2D eigenvalue weighted by molar-refractivity contribution is 4.65. The average molecular weight is 297 g/mol. The molecule has 0 heterocycles. The van der Waals surface area contributed by atoms with Gasteiger partial charge in [-0.05, 0) is 25.7 Å². The molecule has 0 rings (SSSR count). The molecule has 0 aliphatic heterocycles. The first kappa shape index (κ1) is 20.7. The maximum atomic E-state index is 9.89. The third-order valence-electron chi connectivity index (χ3n) is 4.34. The van der Waals surface area contributed by atoms with Crippen molar-refractivity contribution in [3.05, 3.63) is 12.7 Å². The largest absolute Gasteiger partial charge is 0.393 e. The van der Waals surface area contributed by atoms with Crippen LogP contribution in [0.15, 0.2) is 12.7 Å². The molecule has 0 saturated heterocycles. The molecule has 1 atom stereocenters. The molecule has 1 N–H and O–H groups in total. The van der Waals surface area contributed by atoms with Crippen LogP contribution in [0.2, 0.25) is 0 Å². The van der Waals surface area contributed by atoms with Crippen molar-refractivity contribution >= 4 is 0 Å². The smallest absolute Gasteiger partial charge is 0.0540 e. The number of unbranched alkanes of at least 4 members (excludes halogenated alkanes) is 12. The molecule has 0 bridgehead atoms. The van der Waals surface area contributed by atoms with Crippen LogP contribution in [-0.4, -0.2) is 11.2 Å². The Labute approximate surface area is 134 Å². The Balaban J connectivity index is 3.08. The molecule has 0 radical (unpaired) electrons. The number of rotatable bonds is 17. The fourth-order valence-electron chi connectivity index (χ4n) is 2.86. The van der Waals surface area contributed by atoms with Gasteiger partial charge in [-0.2, -0.15) is 0 Å². The molecule has 1 nitrogen and oxygen atoms in total. The van der Waals surface area contributed by atoms with Gasteiger partial charge < -0.3 is 5.11 Å². The molecular weight excluding hydrogens is 256 g/mol. The Morgan fingerprint density at radius 1 is 0.714 bits per heavy atom. The van der Waals surface area contributed by atoms with Crippen LogP contribution in [0.4, 0.5) is 0 Å². The molecule has 0 aromatic rings. The summed E-state index contributed by atoms with van der Waals surface area (Å²) in [6, 6.07) is 0. The Hall–Kier alpha value is -0.300. The molecular formula is C20H40O. The van der Waals surface area contributed by atoms with Crippen LogP contribution in [0.1, 0.15) is 110 Å². The average Bonchev–Trinajstić information content (AvgIpc) is 2.49. The van der Waals surface area contributed by atoms with Gasteiger partial charge in [-0.15, -0.1) is 6.58 Å². The van der Waals surface area contributed by atoms with E-state index in [2.05, 4.69) is 13.5 Å². The summed E-state index contributed by atoms with van der Waals surface area (Å²) in [4.78, 5) is 0. The molecule has 126 valence electrons. The van der Waals surface area contributed by atoms with Crippen molar-refractivity contribution in [2.75, 3.05) is 0 Å². The molecule has 0 aromatic carbocycles. The van der Waals surface area contributed by atoms with Crippen LogP contribution in [0.5, 0.6) is 0 Å². The topological polar surface area (TPSA) is 20.2 Å². The van der Waals surface area contributed by atoms with Gasteiger partial charge in [0, 0.05) is 0 Å². The third-order valence-corrected chi connectivity index (χ3v) is 4.34. The van der Waals surface area contributed by atoms with Gasteiger partial charge in [0.1, 0.15) is 0 Å². The van der Waals surface area contributed by atoms with Gasteiger partial charge >= 0.3 is 0 Å². The molecule has 0 aliphatic rings. The van der Waals surface area contributed by atoms with Gasteiger partial charge in [0.05, 0.1) is 6.10 Å². The summed E-state index contributed by atoms with van der Waals surface area (Å²) in [5.41, 5.74) is 0.